The summed E-state index contributed by atoms with van der Waals surface area (Å²) >= 11 is 3.33. The first-order chi connectivity index (χ1) is 6.72. The van der Waals surface area contributed by atoms with Gasteiger partial charge >= 0.3 is 0 Å². The molecule has 1 aromatic carbocycles. The number of carbonyl (C=O) groups excluding carboxylic acids is 1. The Morgan fingerprint density at radius 1 is 1.50 bits per heavy atom. The third kappa shape index (κ3) is 1.55. The molecule has 0 saturated carbocycles. The predicted molar refractivity (Wildman–Crippen MR) is 56.0 cm³/mol. The number of aliphatic hydroxyl groups excluding tert-OH is 1. The lowest BCUT2D eigenvalue weighted by Gasteiger charge is -2.12. The second kappa shape index (κ2) is 3.71. The van der Waals surface area contributed by atoms with Crippen molar-refractivity contribution in [2.45, 2.75) is 6.54 Å². The number of halogens is 1. The van der Waals surface area contributed by atoms with E-state index in [2.05, 4.69) is 15.9 Å². The van der Waals surface area contributed by atoms with Crippen LogP contribution in [0.2, 0.25) is 0 Å². The number of hydrogen-bond acceptors (Lipinski definition) is 2. The summed E-state index contributed by atoms with van der Waals surface area (Å²) in [7, 11) is 0. The van der Waals surface area contributed by atoms with Crippen LogP contribution in [0.1, 0.15) is 15.9 Å². The van der Waals surface area contributed by atoms with E-state index in [0.717, 1.165) is 15.6 Å². The SMILES string of the molecule is O=C1c2cc(Br)ccc2CN1CCO. The first kappa shape index (κ1) is 9.68. The van der Waals surface area contributed by atoms with Gasteiger partial charge in [-0.3, -0.25) is 4.79 Å². The van der Waals surface area contributed by atoms with Gasteiger partial charge < -0.3 is 10.0 Å². The Morgan fingerprint density at radius 3 is 3.00 bits per heavy atom. The molecule has 1 aromatic rings. The summed E-state index contributed by atoms with van der Waals surface area (Å²) in [4.78, 5) is 13.4. The zero-order valence-corrected chi connectivity index (χ0v) is 9.12. The van der Waals surface area contributed by atoms with Gasteiger partial charge in [0.2, 0.25) is 0 Å². The third-order valence-electron chi connectivity index (χ3n) is 2.32. The summed E-state index contributed by atoms with van der Waals surface area (Å²) < 4.78 is 0.912. The highest BCUT2D eigenvalue weighted by atomic mass is 79.9. The summed E-state index contributed by atoms with van der Waals surface area (Å²) in [6.45, 7) is 1.04. The fourth-order valence-electron chi connectivity index (χ4n) is 1.63. The number of rotatable bonds is 2. The van der Waals surface area contributed by atoms with Crippen LogP contribution >= 0.6 is 15.9 Å². The fourth-order valence-corrected chi connectivity index (χ4v) is 2.00. The number of fused-ring (bicyclic) bond motifs is 1. The van der Waals surface area contributed by atoms with Crippen LogP contribution < -0.4 is 0 Å². The second-order valence-electron chi connectivity index (χ2n) is 3.25. The first-order valence-electron chi connectivity index (χ1n) is 4.41. The van der Waals surface area contributed by atoms with Crippen molar-refractivity contribution in [1.82, 2.24) is 4.90 Å². The van der Waals surface area contributed by atoms with Gasteiger partial charge in [0, 0.05) is 23.1 Å². The Labute approximate surface area is 90.5 Å². The van der Waals surface area contributed by atoms with Gasteiger partial charge in [-0.05, 0) is 17.7 Å². The van der Waals surface area contributed by atoms with E-state index in [1.54, 1.807) is 4.90 Å². The minimum Gasteiger partial charge on any atom is -0.395 e. The molecule has 1 aliphatic heterocycles. The molecule has 4 heteroatoms. The molecule has 3 nitrogen and oxygen atoms in total. The lowest BCUT2D eigenvalue weighted by atomic mass is 10.1. The molecule has 0 aromatic heterocycles. The molecule has 1 N–H and O–H groups in total. The van der Waals surface area contributed by atoms with E-state index >= 15 is 0 Å². The maximum Gasteiger partial charge on any atom is 0.254 e. The molecule has 0 atom stereocenters. The van der Waals surface area contributed by atoms with Gasteiger partial charge in [0.15, 0.2) is 0 Å². The Kier molecular flexibility index (Phi) is 2.56. The van der Waals surface area contributed by atoms with Crippen molar-refractivity contribution in [3.8, 4) is 0 Å². The summed E-state index contributed by atoms with van der Waals surface area (Å²) in [5.74, 6) is 0.00958. The maximum absolute atomic E-state index is 11.7. The van der Waals surface area contributed by atoms with Gasteiger partial charge in [-0.15, -0.1) is 0 Å². The number of carbonyl (C=O) groups is 1. The molecule has 0 bridgehead atoms. The Morgan fingerprint density at radius 2 is 2.29 bits per heavy atom. The molecule has 74 valence electrons. The molecule has 0 spiro atoms. The molecular formula is C10H10BrNO2. The highest BCUT2D eigenvalue weighted by Gasteiger charge is 2.26. The van der Waals surface area contributed by atoms with Crippen LogP contribution in [0.15, 0.2) is 22.7 Å². The molecule has 0 saturated heterocycles. The van der Waals surface area contributed by atoms with E-state index in [9.17, 15) is 4.79 Å². The third-order valence-corrected chi connectivity index (χ3v) is 2.81. The standard InChI is InChI=1S/C10H10BrNO2/c11-8-2-1-7-6-12(3-4-13)10(14)9(7)5-8/h1-2,5,13H,3-4,6H2. The van der Waals surface area contributed by atoms with Gasteiger partial charge in [0.1, 0.15) is 0 Å². The lowest BCUT2D eigenvalue weighted by molar-refractivity contribution is 0.0745. The molecule has 1 amide bonds. The van der Waals surface area contributed by atoms with Crippen LogP contribution in [0.25, 0.3) is 0 Å². The quantitative estimate of drug-likeness (QED) is 0.868. The second-order valence-corrected chi connectivity index (χ2v) is 4.17. The highest BCUT2D eigenvalue weighted by molar-refractivity contribution is 9.10. The molecular weight excluding hydrogens is 246 g/mol. The molecule has 2 rings (SSSR count). The maximum atomic E-state index is 11.7. The van der Waals surface area contributed by atoms with Crippen molar-refractivity contribution in [2.24, 2.45) is 0 Å². The summed E-state index contributed by atoms with van der Waals surface area (Å²) in [5.41, 5.74) is 1.78. The molecule has 0 aliphatic carbocycles. The number of β-amino-alcohol motifs (C(OH)–C–C–N with tert-alkyl or cyclic N) is 1. The summed E-state index contributed by atoms with van der Waals surface area (Å²) in [6.07, 6.45) is 0. The minimum absolute atomic E-state index is 0.00958. The smallest absolute Gasteiger partial charge is 0.254 e. The zero-order chi connectivity index (χ0) is 10.1. The molecule has 1 aliphatic rings. The highest BCUT2D eigenvalue weighted by Crippen LogP contribution is 2.25. The van der Waals surface area contributed by atoms with Crippen molar-refractivity contribution in [3.05, 3.63) is 33.8 Å². The van der Waals surface area contributed by atoms with Gasteiger partial charge in [0.25, 0.3) is 5.91 Å². The average molecular weight is 256 g/mol. The van der Waals surface area contributed by atoms with E-state index < -0.39 is 0 Å². The fraction of sp³-hybridized carbons (Fsp3) is 0.300. The summed E-state index contributed by atoms with van der Waals surface area (Å²) in [6, 6.07) is 5.69. The van der Waals surface area contributed by atoms with E-state index in [1.807, 2.05) is 18.2 Å². The van der Waals surface area contributed by atoms with E-state index in [1.165, 1.54) is 0 Å². The van der Waals surface area contributed by atoms with E-state index in [4.69, 9.17) is 5.11 Å². The van der Waals surface area contributed by atoms with Crippen LogP contribution in [-0.2, 0) is 6.54 Å². The average Bonchev–Trinajstić information content (AvgIpc) is 2.46. The van der Waals surface area contributed by atoms with Crippen LogP contribution in [0, 0.1) is 0 Å². The monoisotopic (exact) mass is 255 g/mol. The van der Waals surface area contributed by atoms with Gasteiger partial charge in [-0.2, -0.15) is 0 Å². The van der Waals surface area contributed by atoms with Gasteiger partial charge in [-0.1, -0.05) is 22.0 Å². The number of aliphatic hydroxyl groups is 1. The topological polar surface area (TPSA) is 40.5 Å². The first-order valence-corrected chi connectivity index (χ1v) is 5.20. The molecule has 0 fully saturated rings. The molecule has 0 radical (unpaired) electrons. The normalized spacial score (nSPS) is 14.7. The zero-order valence-electron chi connectivity index (χ0n) is 7.53. The van der Waals surface area contributed by atoms with E-state index in [0.29, 0.717) is 13.1 Å². The Bertz CT molecular complexity index is 378. The van der Waals surface area contributed by atoms with Crippen molar-refractivity contribution in [2.75, 3.05) is 13.2 Å². The molecule has 0 unspecified atom stereocenters. The Balaban J connectivity index is 2.31. The predicted octanol–water partition coefficient (Wildman–Crippen LogP) is 1.40. The van der Waals surface area contributed by atoms with Crippen LogP contribution in [0.3, 0.4) is 0 Å². The van der Waals surface area contributed by atoms with Crippen LogP contribution in [-0.4, -0.2) is 29.1 Å². The van der Waals surface area contributed by atoms with Crippen molar-refractivity contribution >= 4 is 21.8 Å². The minimum atomic E-state index is 0.00958. The van der Waals surface area contributed by atoms with Crippen molar-refractivity contribution < 1.29 is 9.90 Å². The van der Waals surface area contributed by atoms with Gasteiger partial charge in [-0.25, -0.2) is 0 Å². The van der Waals surface area contributed by atoms with Gasteiger partial charge in [0.05, 0.1) is 6.61 Å². The number of nitrogens with zero attached hydrogens (tertiary/aromatic N) is 1. The number of benzene rings is 1. The Hall–Kier alpha value is -0.870. The molecule has 14 heavy (non-hydrogen) atoms. The largest absolute Gasteiger partial charge is 0.395 e. The van der Waals surface area contributed by atoms with Crippen molar-refractivity contribution in [3.63, 3.8) is 0 Å². The van der Waals surface area contributed by atoms with Crippen LogP contribution in [0.5, 0.6) is 0 Å². The molecule has 1 heterocycles. The van der Waals surface area contributed by atoms with E-state index in [-0.39, 0.29) is 12.5 Å². The lowest BCUT2D eigenvalue weighted by Crippen LogP contribution is -2.26. The number of amides is 1. The van der Waals surface area contributed by atoms with Crippen molar-refractivity contribution in [1.29, 1.82) is 0 Å². The van der Waals surface area contributed by atoms with Crippen LogP contribution in [0.4, 0.5) is 0 Å². The number of hydrogen-bond donors (Lipinski definition) is 1. The summed E-state index contributed by atoms with van der Waals surface area (Å²) in [5, 5.41) is 8.77.